The van der Waals surface area contributed by atoms with E-state index < -0.39 is 5.97 Å². The Labute approximate surface area is 126 Å². The van der Waals surface area contributed by atoms with Gasteiger partial charge in [0.2, 0.25) is 5.88 Å². The number of furan rings is 2. The largest absolute Gasteiger partial charge is 0.478 e. The summed E-state index contributed by atoms with van der Waals surface area (Å²) >= 11 is 0. The maximum absolute atomic E-state index is 11.2. The van der Waals surface area contributed by atoms with Crippen molar-refractivity contribution >= 4 is 18.1 Å². The van der Waals surface area contributed by atoms with Gasteiger partial charge in [0.25, 0.3) is 0 Å². The predicted octanol–water partition coefficient (Wildman–Crippen LogP) is 4.30. The number of aromatic carboxylic acids is 1. The minimum atomic E-state index is -0.953. The van der Waals surface area contributed by atoms with E-state index in [1.165, 1.54) is 0 Å². The molecule has 0 radical (unpaired) electrons. The van der Waals surface area contributed by atoms with Gasteiger partial charge >= 0.3 is 5.97 Å². The molecule has 0 saturated heterocycles. The van der Waals surface area contributed by atoms with Crippen LogP contribution in [-0.2, 0) is 0 Å². The number of aryl methyl sites for hydroxylation is 1. The van der Waals surface area contributed by atoms with E-state index in [1.807, 2.05) is 6.07 Å². The van der Waals surface area contributed by atoms with Crippen LogP contribution in [0.1, 0.15) is 21.7 Å². The summed E-state index contributed by atoms with van der Waals surface area (Å²) in [7, 11) is 0. The fourth-order valence-electron chi connectivity index (χ4n) is 2.05. The highest BCUT2D eigenvalue weighted by Crippen LogP contribution is 2.24. The summed E-state index contributed by atoms with van der Waals surface area (Å²) in [5.74, 6) is 0.680. The summed E-state index contributed by atoms with van der Waals surface area (Å²) in [4.78, 5) is 15.3. The lowest BCUT2D eigenvalue weighted by molar-refractivity contribution is 0.0696. The van der Waals surface area contributed by atoms with Gasteiger partial charge < -0.3 is 13.9 Å². The van der Waals surface area contributed by atoms with Crippen molar-refractivity contribution in [1.29, 1.82) is 0 Å². The molecule has 2 aromatic heterocycles. The lowest BCUT2D eigenvalue weighted by Crippen LogP contribution is -1.99. The highest BCUT2D eigenvalue weighted by Gasteiger charge is 2.11. The monoisotopic (exact) mass is 295 g/mol. The lowest BCUT2D eigenvalue weighted by atomic mass is 10.0. The number of benzene rings is 1. The maximum atomic E-state index is 11.2. The SMILES string of the molecule is Cc1ccc(-c2ccc(C=Nc3ccco3)o2)cc1C(=O)O. The number of hydrogen-bond donors (Lipinski definition) is 1. The van der Waals surface area contributed by atoms with Crippen LogP contribution in [0, 0.1) is 6.92 Å². The van der Waals surface area contributed by atoms with Crippen LogP contribution in [-0.4, -0.2) is 17.3 Å². The van der Waals surface area contributed by atoms with Crippen LogP contribution in [0.4, 0.5) is 5.88 Å². The highest BCUT2D eigenvalue weighted by atomic mass is 16.4. The van der Waals surface area contributed by atoms with E-state index in [0.29, 0.717) is 28.5 Å². The molecule has 22 heavy (non-hydrogen) atoms. The van der Waals surface area contributed by atoms with Gasteiger partial charge in [0.15, 0.2) is 0 Å². The molecule has 0 spiro atoms. The minimum Gasteiger partial charge on any atom is -0.478 e. The number of nitrogens with zero attached hydrogens (tertiary/aromatic N) is 1. The molecule has 1 N–H and O–H groups in total. The molecular formula is C17H13NO4. The van der Waals surface area contributed by atoms with E-state index in [-0.39, 0.29) is 5.56 Å². The van der Waals surface area contributed by atoms with E-state index in [0.717, 1.165) is 0 Å². The molecule has 2 heterocycles. The van der Waals surface area contributed by atoms with Crippen molar-refractivity contribution in [1.82, 2.24) is 0 Å². The van der Waals surface area contributed by atoms with Crippen molar-refractivity contribution in [2.45, 2.75) is 6.92 Å². The van der Waals surface area contributed by atoms with Crippen molar-refractivity contribution in [3.05, 3.63) is 65.6 Å². The number of rotatable bonds is 4. The van der Waals surface area contributed by atoms with Crippen LogP contribution < -0.4 is 0 Å². The van der Waals surface area contributed by atoms with Crippen molar-refractivity contribution in [3.8, 4) is 11.3 Å². The zero-order chi connectivity index (χ0) is 15.5. The van der Waals surface area contributed by atoms with Crippen LogP contribution in [0.15, 0.2) is 62.6 Å². The predicted molar refractivity (Wildman–Crippen MR) is 81.8 cm³/mol. The standard InChI is InChI=1S/C17H13NO4/c1-11-4-5-12(9-14(11)17(19)20)15-7-6-13(22-15)10-18-16-3-2-8-21-16/h2-10H,1H3,(H,19,20). The second-order valence-electron chi connectivity index (χ2n) is 4.75. The molecule has 0 aliphatic heterocycles. The van der Waals surface area contributed by atoms with Gasteiger partial charge in [0.1, 0.15) is 11.5 Å². The normalized spacial score (nSPS) is 11.1. The Balaban J connectivity index is 1.87. The topological polar surface area (TPSA) is 75.9 Å². The van der Waals surface area contributed by atoms with Crippen LogP contribution in [0.5, 0.6) is 0 Å². The fourth-order valence-corrected chi connectivity index (χ4v) is 2.05. The van der Waals surface area contributed by atoms with Gasteiger partial charge in [-0.25, -0.2) is 9.79 Å². The number of hydrogen-bond acceptors (Lipinski definition) is 4. The molecule has 3 aromatic rings. The average Bonchev–Trinajstić information content (AvgIpc) is 3.17. The lowest BCUT2D eigenvalue weighted by Gasteiger charge is -2.03. The molecule has 3 rings (SSSR count). The summed E-state index contributed by atoms with van der Waals surface area (Å²) in [6.07, 6.45) is 3.09. The van der Waals surface area contributed by atoms with Gasteiger partial charge in [0.05, 0.1) is 18.0 Å². The third kappa shape index (κ3) is 2.83. The molecular weight excluding hydrogens is 282 g/mol. The van der Waals surface area contributed by atoms with Gasteiger partial charge in [-0.3, -0.25) is 0 Å². The Morgan fingerprint density at radius 3 is 2.82 bits per heavy atom. The zero-order valence-electron chi connectivity index (χ0n) is 11.8. The average molecular weight is 295 g/mol. The quantitative estimate of drug-likeness (QED) is 0.728. The van der Waals surface area contributed by atoms with Crippen LogP contribution in [0.2, 0.25) is 0 Å². The summed E-state index contributed by atoms with van der Waals surface area (Å²) in [5, 5.41) is 9.17. The first-order chi connectivity index (χ1) is 10.6. The summed E-state index contributed by atoms with van der Waals surface area (Å²) < 4.78 is 10.8. The molecule has 0 unspecified atom stereocenters. The van der Waals surface area contributed by atoms with E-state index in [1.54, 1.807) is 55.8 Å². The molecule has 0 saturated carbocycles. The first-order valence-electron chi connectivity index (χ1n) is 6.65. The second kappa shape index (κ2) is 5.73. The van der Waals surface area contributed by atoms with E-state index >= 15 is 0 Å². The van der Waals surface area contributed by atoms with Crippen LogP contribution >= 0.6 is 0 Å². The van der Waals surface area contributed by atoms with E-state index in [4.69, 9.17) is 13.9 Å². The van der Waals surface area contributed by atoms with E-state index in [9.17, 15) is 4.79 Å². The summed E-state index contributed by atoms with van der Waals surface area (Å²) in [6.45, 7) is 1.76. The van der Waals surface area contributed by atoms with Crippen LogP contribution in [0.3, 0.4) is 0 Å². The molecule has 0 aliphatic rings. The highest BCUT2D eigenvalue weighted by molar-refractivity contribution is 5.91. The Bertz CT molecular complexity index is 828. The number of carboxylic acid groups (broad SMARTS) is 1. The molecule has 0 amide bonds. The van der Waals surface area contributed by atoms with Gasteiger partial charge in [-0.1, -0.05) is 12.1 Å². The van der Waals surface area contributed by atoms with Gasteiger partial charge in [-0.2, -0.15) is 0 Å². The first kappa shape index (κ1) is 13.9. The fraction of sp³-hybridized carbons (Fsp3) is 0.0588. The third-order valence-electron chi connectivity index (χ3n) is 3.20. The number of carbonyl (C=O) groups is 1. The second-order valence-corrected chi connectivity index (χ2v) is 4.75. The number of aliphatic imine (C=N–C) groups is 1. The minimum absolute atomic E-state index is 0.264. The smallest absolute Gasteiger partial charge is 0.335 e. The molecule has 0 atom stereocenters. The molecule has 0 bridgehead atoms. The van der Waals surface area contributed by atoms with Gasteiger partial charge in [-0.15, -0.1) is 0 Å². The van der Waals surface area contributed by atoms with E-state index in [2.05, 4.69) is 4.99 Å². The zero-order valence-corrected chi connectivity index (χ0v) is 11.8. The van der Waals surface area contributed by atoms with Crippen molar-refractivity contribution in [2.75, 3.05) is 0 Å². The molecule has 0 aliphatic carbocycles. The molecule has 5 heteroatoms. The first-order valence-corrected chi connectivity index (χ1v) is 6.65. The van der Waals surface area contributed by atoms with Crippen molar-refractivity contribution in [3.63, 3.8) is 0 Å². The molecule has 110 valence electrons. The number of carboxylic acids is 1. The van der Waals surface area contributed by atoms with Crippen molar-refractivity contribution < 1.29 is 18.7 Å². The van der Waals surface area contributed by atoms with Gasteiger partial charge in [-0.05, 0) is 36.8 Å². The van der Waals surface area contributed by atoms with Crippen molar-refractivity contribution in [2.24, 2.45) is 4.99 Å². The van der Waals surface area contributed by atoms with Gasteiger partial charge in [0, 0.05) is 11.6 Å². The Morgan fingerprint density at radius 1 is 1.23 bits per heavy atom. The Morgan fingerprint density at radius 2 is 2.09 bits per heavy atom. The van der Waals surface area contributed by atoms with Crippen LogP contribution in [0.25, 0.3) is 11.3 Å². The Kier molecular flexibility index (Phi) is 3.62. The summed E-state index contributed by atoms with van der Waals surface area (Å²) in [5.41, 5.74) is 1.68. The maximum Gasteiger partial charge on any atom is 0.335 e. The third-order valence-corrected chi connectivity index (χ3v) is 3.20. The molecule has 0 fully saturated rings. The molecule has 1 aromatic carbocycles. The molecule has 5 nitrogen and oxygen atoms in total. The summed E-state index contributed by atoms with van der Waals surface area (Å²) in [6, 6.07) is 12.2. The Hall–Kier alpha value is -3.08.